The fourth-order valence-corrected chi connectivity index (χ4v) is 2.01. The highest BCUT2D eigenvalue weighted by Gasteiger charge is 2.02. The maximum atomic E-state index is 11.5. The van der Waals surface area contributed by atoms with E-state index >= 15 is 0 Å². The molecule has 0 aliphatic heterocycles. The zero-order valence-corrected chi connectivity index (χ0v) is 10.2. The molecule has 1 N–H and O–H groups in total. The first-order chi connectivity index (χ1) is 8.24. The van der Waals surface area contributed by atoms with Gasteiger partial charge in [-0.1, -0.05) is 6.07 Å². The van der Waals surface area contributed by atoms with E-state index in [-0.39, 0.29) is 5.91 Å². The van der Waals surface area contributed by atoms with Gasteiger partial charge in [0.15, 0.2) is 0 Å². The molecule has 0 aromatic carbocycles. The van der Waals surface area contributed by atoms with E-state index in [9.17, 15) is 4.79 Å². The van der Waals surface area contributed by atoms with Crippen LogP contribution in [0.3, 0.4) is 0 Å². The number of amides is 1. The van der Waals surface area contributed by atoms with Gasteiger partial charge in [0.25, 0.3) is 0 Å². The number of rotatable bonds is 4. The van der Waals surface area contributed by atoms with Gasteiger partial charge in [-0.05, 0) is 30.5 Å². The Hall–Kier alpha value is -1.88. The van der Waals surface area contributed by atoms with Crippen LogP contribution in [-0.2, 0) is 11.2 Å². The highest BCUT2D eigenvalue weighted by Crippen LogP contribution is 2.08. The van der Waals surface area contributed by atoms with Crippen molar-refractivity contribution in [3.05, 3.63) is 46.0 Å². The molecule has 88 valence electrons. The van der Waals surface area contributed by atoms with Crippen LogP contribution in [0.5, 0.6) is 0 Å². The van der Waals surface area contributed by atoms with Crippen LogP contribution in [0.4, 0.5) is 0 Å². The molecule has 5 heteroatoms. The molecule has 1 amide bonds. The van der Waals surface area contributed by atoms with Gasteiger partial charge in [0.1, 0.15) is 11.5 Å². The summed E-state index contributed by atoms with van der Waals surface area (Å²) in [5, 5.41) is 5.76. The van der Waals surface area contributed by atoms with Gasteiger partial charge in [-0.25, -0.2) is 5.43 Å². The normalized spacial score (nSPS) is 10.9. The monoisotopic (exact) mass is 248 g/mol. The molecule has 0 saturated carbocycles. The first kappa shape index (κ1) is 11.6. The Balaban J connectivity index is 1.82. The van der Waals surface area contributed by atoms with Crippen molar-refractivity contribution in [3.63, 3.8) is 0 Å². The fraction of sp³-hybridized carbons (Fsp3) is 0.167. The van der Waals surface area contributed by atoms with E-state index in [2.05, 4.69) is 10.5 Å². The minimum atomic E-state index is -0.132. The molecule has 4 nitrogen and oxygen atoms in total. The Morgan fingerprint density at radius 2 is 2.41 bits per heavy atom. The molecule has 0 radical (unpaired) electrons. The van der Waals surface area contributed by atoms with Crippen molar-refractivity contribution < 1.29 is 9.21 Å². The van der Waals surface area contributed by atoms with Crippen LogP contribution in [0.1, 0.15) is 16.4 Å². The van der Waals surface area contributed by atoms with Crippen molar-refractivity contribution >= 4 is 23.5 Å². The van der Waals surface area contributed by atoms with Crippen LogP contribution in [0.25, 0.3) is 0 Å². The predicted octanol–water partition coefficient (Wildman–Crippen LogP) is 2.34. The predicted molar refractivity (Wildman–Crippen MR) is 67.2 cm³/mol. The van der Waals surface area contributed by atoms with Crippen LogP contribution < -0.4 is 5.43 Å². The zero-order chi connectivity index (χ0) is 12.1. The Morgan fingerprint density at radius 3 is 3.06 bits per heavy atom. The molecule has 0 unspecified atom stereocenters. The number of nitrogens with zero attached hydrogens (tertiary/aromatic N) is 1. The maximum Gasteiger partial charge on any atom is 0.245 e. The Morgan fingerprint density at radius 1 is 1.53 bits per heavy atom. The van der Waals surface area contributed by atoms with Crippen LogP contribution in [-0.4, -0.2) is 12.1 Å². The number of hydrazone groups is 1. The van der Waals surface area contributed by atoms with Crippen LogP contribution >= 0.6 is 11.3 Å². The molecular weight excluding hydrogens is 236 g/mol. The SMILES string of the molecule is Cc1ccc(/C=N\NC(=O)Cc2cccs2)o1. The summed E-state index contributed by atoms with van der Waals surface area (Å²) in [4.78, 5) is 12.5. The number of hydrogen-bond donors (Lipinski definition) is 1. The lowest BCUT2D eigenvalue weighted by Gasteiger charge is -1.96. The second-order valence-electron chi connectivity index (χ2n) is 3.50. The van der Waals surface area contributed by atoms with Gasteiger partial charge in [-0.15, -0.1) is 11.3 Å². The molecule has 0 aliphatic rings. The minimum Gasteiger partial charge on any atom is -0.460 e. The molecule has 0 bridgehead atoms. The molecule has 2 aromatic heterocycles. The van der Waals surface area contributed by atoms with E-state index in [0.29, 0.717) is 12.2 Å². The molecule has 0 saturated heterocycles. The molecule has 0 atom stereocenters. The smallest absolute Gasteiger partial charge is 0.245 e. The van der Waals surface area contributed by atoms with Gasteiger partial charge in [0, 0.05) is 4.88 Å². The summed E-state index contributed by atoms with van der Waals surface area (Å²) in [5.74, 6) is 1.31. The van der Waals surface area contributed by atoms with Gasteiger partial charge in [0.05, 0.1) is 12.6 Å². The average molecular weight is 248 g/mol. The Bertz CT molecular complexity index is 514. The molecule has 2 aromatic rings. The van der Waals surface area contributed by atoms with E-state index in [1.807, 2.05) is 30.5 Å². The molecule has 2 heterocycles. The Kier molecular flexibility index (Phi) is 3.72. The fourth-order valence-electron chi connectivity index (χ4n) is 1.30. The van der Waals surface area contributed by atoms with Crippen molar-refractivity contribution in [1.82, 2.24) is 5.43 Å². The maximum absolute atomic E-state index is 11.5. The van der Waals surface area contributed by atoms with Crippen molar-refractivity contribution in [2.45, 2.75) is 13.3 Å². The van der Waals surface area contributed by atoms with Gasteiger partial charge in [0.2, 0.25) is 5.91 Å². The third kappa shape index (κ3) is 3.57. The minimum absolute atomic E-state index is 0.132. The number of thiophene rings is 1. The summed E-state index contributed by atoms with van der Waals surface area (Å²) in [6, 6.07) is 7.48. The van der Waals surface area contributed by atoms with E-state index in [0.717, 1.165) is 10.6 Å². The zero-order valence-electron chi connectivity index (χ0n) is 9.34. The molecule has 17 heavy (non-hydrogen) atoms. The van der Waals surface area contributed by atoms with Gasteiger partial charge in [-0.2, -0.15) is 5.10 Å². The van der Waals surface area contributed by atoms with Crippen molar-refractivity contribution in [2.24, 2.45) is 5.10 Å². The largest absolute Gasteiger partial charge is 0.460 e. The molecule has 0 aliphatic carbocycles. The lowest BCUT2D eigenvalue weighted by molar-refractivity contribution is -0.120. The lowest BCUT2D eigenvalue weighted by Crippen LogP contribution is -2.19. The van der Waals surface area contributed by atoms with Gasteiger partial charge in [-0.3, -0.25) is 4.79 Å². The topological polar surface area (TPSA) is 54.6 Å². The Labute approximate surface area is 103 Å². The number of furan rings is 1. The average Bonchev–Trinajstić information content (AvgIpc) is 2.90. The highest BCUT2D eigenvalue weighted by molar-refractivity contribution is 7.10. The lowest BCUT2D eigenvalue weighted by atomic mass is 10.3. The molecule has 0 spiro atoms. The van der Waals surface area contributed by atoms with Gasteiger partial charge >= 0.3 is 0 Å². The molecule has 0 fully saturated rings. The number of aryl methyl sites for hydroxylation is 1. The summed E-state index contributed by atoms with van der Waals surface area (Å²) >= 11 is 1.55. The molecule has 2 rings (SSSR count). The number of nitrogens with one attached hydrogen (secondary N) is 1. The third-order valence-corrected chi connectivity index (χ3v) is 2.93. The number of carbonyl (C=O) groups excluding carboxylic acids is 1. The second kappa shape index (κ2) is 5.45. The summed E-state index contributed by atoms with van der Waals surface area (Å²) in [6.45, 7) is 1.85. The van der Waals surface area contributed by atoms with Crippen molar-refractivity contribution in [2.75, 3.05) is 0 Å². The van der Waals surface area contributed by atoms with Crippen molar-refractivity contribution in [1.29, 1.82) is 0 Å². The first-order valence-electron chi connectivity index (χ1n) is 5.15. The molecular formula is C12H12N2O2S. The van der Waals surface area contributed by atoms with Crippen molar-refractivity contribution in [3.8, 4) is 0 Å². The first-order valence-corrected chi connectivity index (χ1v) is 6.03. The van der Waals surface area contributed by atoms with Crippen LogP contribution in [0.2, 0.25) is 0 Å². The second-order valence-corrected chi connectivity index (χ2v) is 4.53. The standard InChI is InChI=1S/C12H12N2O2S/c1-9-4-5-10(16-9)8-13-14-12(15)7-11-3-2-6-17-11/h2-6,8H,7H2,1H3,(H,14,15)/b13-8-. The summed E-state index contributed by atoms with van der Waals surface area (Å²) in [6.07, 6.45) is 1.84. The number of hydrogen-bond acceptors (Lipinski definition) is 4. The van der Waals surface area contributed by atoms with E-state index < -0.39 is 0 Å². The van der Waals surface area contributed by atoms with Crippen LogP contribution in [0, 0.1) is 6.92 Å². The van der Waals surface area contributed by atoms with E-state index in [4.69, 9.17) is 4.42 Å². The summed E-state index contributed by atoms with van der Waals surface area (Å²) < 4.78 is 5.27. The summed E-state index contributed by atoms with van der Waals surface area (Å²) in [7, 11) is 0. The highest BCUT2D eigenvalue weighted by atomic mass is 32.1. The third-order valence-electron chi connectivity index (χ3n) is 2.06. The number of carbonyl (C=O) groups is 1. The quantitative estimate of drug-likeness (QED) is 0.667. The summed E-state index contributed by atoms with van der Waals surface area (Å²) in [5.41, 5.74) is 2.46. The van der Waals surface area contributed by atoms with Gasteiger partial charge < -0.3 is 4.42 Å². The van der Waals surface area contributed by atoms with E-state index in [1.165, 1.54) is 6.21 Å². The van der Waals surface area contributed by atoms with E-state index in [1.54, 1.807) is 17.4 Å². The van der Waals surface area contributed by atoms with Crippen LogP contribution in [0.15, 0.2) is 39.2 Å².